The fraction of sp³-hybridized carbons (Fsp3) is 0.438. The van der Waals surface area contributed by atoms with Gasteiger partial charge in [-0.3, -0.25) is 43.5 Å². The van der Waals surface area contributed by atoms with E-state index in [-0.39, 0.29) is 80.3 Å². The molecule has 11 rings (SSSR count). The van der Waals surface area contributed by atoms with Gasteiger partial charge in [0.2, 0.25) is 11.8 Å². The van der Waals surface area contributed by atoms with Crippen LogP contribution < -0.4 is 39.4 Å². The summed E-state index contributed by atoms with van der Waals surface area (Å²) in [6.07, 6.45) is 5.44. The third-order valence-electron chi connectivity index (χ3n) is 18.7. The van der Waals surface area contributed by atoms with E-state index >= 15 is 4.79 Å². The van der Waals surface area contributed by atoms with Gasteiger partial charge in [0.1, 0.15) is 37.6 Å². The van der Waals surface area contributed by atoms with Crippen LogP contribution >= 0.6 is 0 Å². The number of nitrogens with one attached hydrogen (secondary N) is 2. The van der Waals surface area contributed by atoms with Gasteiger partial charge < -0.3 is 54.0 Å². The monoisotopic (exact) mass is 1340 g/mol. The van der Waals surface area contributed by atoms with Gasteiger partial charge in [-0.05, 0) is 107 Å². The molecule has 508 valence electrons. The first-order valence-corrected chi connectivity index (χ1v) is 40.7. The predicted molar refractivity (Wildman–Crippen MR) is 372 cm³/mol. The maximum absolute atomic E-state index is 15.0. The number of rotatable bonds is 28. The standard InChI is InChI=1S/C73H89N7O14Si2/c1-44(2)66(78(73(87)88)41-57-53-19-14-12-17-51(53)52-18-13-15-20-54(52)57)68(82)74-45(3)67(81)75-50-25-23-47(24-26-50)49-34-61-72(86)80(43-92-30-32-96(9,10)11)59-38-65(63(90-5)36-56(59)70(84)77(61)40-49)94-28-16-27-93-64-37-58-55(35-62(64)89-4)69(83)76-39-48(46-21-22-46)33-60(76)71(85)79(58)42-91-29-31-95(6,7)8/h12-15,17-20,23-26,35-40,44-46,57,60-61,66H,16,21-22,27-34,41-43H2,1-11H3,(H,74,82)(H,75,81)(H,87,88)/t45-,60?,61?,66-/m0/s1. The Balaban J connectivity index is 0.757. The van der Waals surface area contributed by atoms with Crippen molar-refractivity contribution in [2.45, 2.75) is 134 Å². The molecule has 6 aliphatic rings. The van der Waals surface area contributed by atoms with E-state index in [1.807, 2.05) is 54.7 Å². The number of ether oxygens (including phenoxy) is 6. The van der Waals surface area contributed by atoms with Gasteiger partial charge in [0, 0.05) is 91.3 Å². The Hall–Kier alpha value is -8.78. The molecule has 2 aliphatic carbocycles. The van der Waals surface area contributed by atoms with Gasteiger partial charge in [-0.15, -0.1) is 0 Å². The van der Waals surface area contributed by atoms with Crippen molar-refractivity contribution in [3.05, 3.63) is 143 Å². The van der Waals surface area contributed by atoms with Crippen LogP contribution in [0.15, 0.2) is 115 Å². The number of hydrogen-bond acceptors (Lipinski definition) is 13. The van der Waals surface area contributed by atoms with E-state index in [1.165, 1.54) is 28.9 Å². The predicted octanol–water partition coefficient (Wildman–Crippen LogP) is 11.9. The number of methoxy groups -OCH3 is 2. The molecule has 21 nitrogen and oxygen atoms in total. The highest BCUT2D eigenvalue weighted by Crippen LogP contribution is 2.48. The van der Waals surface area contributed by atoms with Crippen LogP contribution in [0.25, 0.3) is 16.7 Å². The summed E-state index contributed by atoms with van der Waals surface area (Å²) in [5.41, 5.74) is 8.19. The first kappa shape index (κ1) is 68.6. The summed E-state index contributed by atoms with van der Waals surface area (Å²) in [6, 6.07) is 27.3. The SMILES string of the molecule is COc1cc2c(cc1OCCCOc1cc3c(cc1OC)C(=O)N1C=C(C4CC4)CC1C(=O)N3COCC[Si](C)(C)C)N(COCC[Si](C)(C)C)C(=O)C1CC(c3ccc(NC(=O)[C@H](C)NC(=O)[C@H](C(C)C)N(CC4c5ccccc5-c5ccccc54)C(=O)O)cc3)=CN1C2=O. The molecule has 0 spiro atoms. The van der Waals surface area contributed by atoms with Crippen molar-refractivity contribution in [2.75, 3.05) is 75.8 Å². The average Bonchev–Trinajstić information content (AvgIpc) is 1.60. The molecule has 96 heavy (non-hydrogen) atoms. The summed E-state index contributed by atoms with van der Waals surface area (Å²) in [5.74, 6) is -1.54. The van der Waals surface area contributed by atoms with E-state index in [0.29, 0.717) is 77.2 Å². The second-order valence-electron chi connectivity index (χ2n) is 28.5. The highest BCUT2D eigenvalue weighted by atomic mass is 28.3. The van der Waals surface area contributed by atoms with E-state index in [4.69, 9.17) is 28.4 Å². The summed E-state index contributed by atoms with van der Waals surface area (Å²) in [7, 11) is -0.00799. The van der Waals surface area contributed by atoms with Crippen LogP contribution in [0.3, 0.4) is 0 Å². The van der Waals surface area contributed by atoms with Crippen molar-refractivity contribution in [1.29, 1.82) is 0 Å². The summed E-state index contributed by atoms with van der Waals surface area (Å²) in [4.78, 5) is 107. The minimum Gasteiger partial charge on any atom is -0.493 e. The van der Waals surface area contributed by atoms with Gasteiger partial charge in [0.05, 0.1) is 49.9 Å². The molecule has 7 amide bonds. The van der Waals surface area contributed by atoms with Crippen molar-refractivity contribution in [2.24, 2.45) is 11.8 Å². The molecule has 0 radical (unpaired) electrons. The van der Waals surface area contributed by atoms with E-state index < -0.39 is 70.0 Å². The lowest BCUT2D eigenvalue weighted by molar-refractivity contribution is -0.130. The Morgan fingerprint density at radius 1 is 0.615 bits per heavy atom. The van der Waals surface area contributed by atoms with Gasteiger partial charge >= 0.3 is 6.09 Å². The molecule has 5 aromatic carbocycles. The fourth-order valence-corrected chi connectivity index (χ4v) is 14.7. The second kappa shape index (κ2) is 28.5. The molecule has 3 N–H and O–H groups in total. The Bertz CT molecular complexity index is 3850. The Kier molecular flexibility index (Phi) is 20.4. The van der Waals surface area contributed by atoms with Crippen LogP contribution in [0.1, 0.15) is 96.2 Å². The first-order valence-electron chi connectivity index (χ1n) is 33.3. The van der Waals surface area contributed by atoms with E-state index in [2.05, 4.69) is 49.9 Å². The van der Waals surface area contributed by atoms with E-state index in [0.717, 1.165) is 52.8 Å². The van der Waals surface area contributed by atoms with Crippen molar-refractivity contribution < 1.29 is 67.1 Å². The lowest BCUT2D eigenvalue weighted by Gasteiger charge is -2.34. The fourth-order valence-electron chi connectivity index (χ4n) is 13.2. The second-order valence-corrected chi connectivity index (χ2v) is 39.7. The van der Waals surface area contributed by atoms with Gasteiger partial charge in [-0.25, -0.2) is 4.79 Å². The molecular weight excluding hydrogens is 1260 g/mol. The number of carboxylic acid groups (broad SMARTS) is 1. The van der Waals surface area contributed by atoms with Gasteiger partial charge in [-0.1, -0.05) is 114 Å². The smallest absolute Gasteiger partial charge is 0.408 e. The Morgan fingerprint density at radius 2 is 1.11 bits per heavy atom. The third-order valence-corrected chi connectivity index (χ3v) is 22.1. The third kappa shape index (κ3) is 14.8. The number of benzene rings is 5. The normalized spacial score (nSPS) is 18.1. The lowest BCUT2D eigenvalue weighted by atomic mass is 9.94. The van der Waals surface area contributed by atoms with Crippen LogP contribution in [0, 0.1) is 11.8 Å². The van der Waals surface area contributed by atoms with Crippen molar-refractivity contribution in [3.8, 4) is 34.1 Å². The minimum atomic E-state index is -1.54. The van der Waals surface area contributed by atoms with E-state index in [1.54, 1.807) is 85.3 Å². The lowest BCUT2D eigenvalue weighted by Crippen LogP contribution is -2.56. The van der Waals surface area contributed by atoms with Crippen LogP contribution in [-0.2, 0) is 28.7 Å². The zero-order chi connectivity index (χ0) is 68.5. The molecule has 4 atom stereocenters. The maximum Gasteiger partial charge on any atom is 0.408 e. The quantitative estimate of drug-likeness (QED) is 0.0312. The van der Waals surface area contributed by atoms with Crippen LogP contribution in [0.4, 0.5) is 21.9 Å². The molecule has 5 aromatic rings. The molecule has 2 unspecified atom stereocenters. The van der Waals surface area contributed by atoms with E-state index in [9.17, 15) is 33.9 Å². The number of amides is 7. The molecular formula is C73H89N7O14Si2. The summed E-state index contributed by atoms with van der Waals surface area (Å²) >= 11 is 0. The van der Waals surface area contributed by atoms with Crippen molar-refractivity contribution in [3.63, 3.8) is 0 Å². The number of nitrogens with zero attached hydrogens (tertiary/aromatic N) is 5. The zero-order valence-corrected chi connectivity index (χ0v) is 58.8. The van der Waals surface area contributed by atoms with Gasteiger partial charge in [0.15, 0.2) is 23.0 Å². The molecule has 1 saturated carbocycles. The molecule has 1 fully saturated rings. The minimum absolute atomic E-state index is 0.0231. The largest absolute Gasteiger partial charge is 0.493 e. The Morgan fingerprint density at radius 3 is 1.59 bits per heavy atom. The van der Waals surface area contributed by atoms with Gasteiger partial charge in [0.25, 0.3) is 23.6 Å². The van der Waals surface area contributed by atoms with Crippen LogP contribution in [0.5, 0.6) is 23.0 Å². The molecule has 23 heteroatoms. The summed E-state index contributed by atoms with van der Waals surface area (Å²) in [6.45, 7) is 19.7. The molecule has 0 bridgehead atoms. The number of anilines is 3. The first-order chi connectivity index (χ1) is 45.8. The number of carbonyl (C=O) groups is 7. The van der Waals surface area contributed by atoms with Crippen molar-refractivity contribution >= 4 is 80.3 Å². The zero-order valence-electron chi connectivity index (χ0n) is 56.8. The number of hydrogen-bond donors (Lipinski definition) is 3. The highest BCUT2D eigenvalue weighted by molar-refractivity contribution is 6.76. The summed E-state index contributed by atoms with van der Waals surface area (Å²) < 4.78 is 36.9. The van der Waals surface area contributed by atoms with Crippen molar-refractivity contribution in [1.82, 2.24) is 20.0 Å². The Labute approximate surface area is 563 Å². The number of carbonyl (C=O) groups excluding carboxylic acids is 6. The highest BCUT2D eigenvalue weighted by Gasteiger charge is 2.47. The molecule has 4 heterocycles. The molecule has 0 saturated heterocycles. The molecule has 0 aromatic heterocycles. The maximum atomic E-state index is 15.0. The topological polar surface area (TPSA) is 235 Å². The summed E-state index contributed by atoms with van der Waals surface area (Å²) in [5, 5.41) is 16.3. The van der Waals surface area contributed by atoms with Crippen LogP contribution in [0.2, 0.25) is 51.4 Å². The average molecular weight is 1340 g/mol. The number of fused-ring (bicyclic) bond motifs is 7. The molecule has 4 aliphatic heterocycles. The van der Waals surface area contributed by atoms with Crippen LogP contribution in [-0.4, -0.2) is 162 Å². The van der Waals surface area contributed by atoms with Gasteiger partial charge in [-0.2, -0.15) is 0 Å².